The van der Waals surface area contributed by atoms with Crippen molar-refractivity contribution in [1.82, 2.24) is 15.2 Å². The van der Waals surface area contributed by atoms with Gasteiger partial charge in [-0.1, -0.05) is 11.8 Å². The molecule has 0 aromatic carbocycles. The number of hydrogen-bond donors (Lipinski definition) is 1. The molecule has 0 amide bonds. The number of piperidine rings is 1. The molecule has 0 aliphatic carbocycles. The zero-order valence-electron chi connectivity index (χ0n) is 15.3. The predicted octanol–water partition coefficient (Wildman–Crippen LogP) is 2.72. The molecule has 1 aromatic heterocycles. The standard InChI is InChI=1S/C17H30N4O2S2/c1-18-16(19-7-3-13-24-17-20-8-14-25-17)21-9-5-15(6-10-21)23-12-4-11-22-2/h8,14-15H,3-7,9-13H2,1-2H3,(H,18,19). The molecule has 0 radical (unpaired) electrons. The fourth-order valence-corrected chi connectivity index (χ4v) is 4.38. The summed E-state index contributed by atoms with van der Waals surface area (Å²) in [4.78, 5) is 11.1. The summed E-state index contributed by atoms with van der Waals surface area (Å²) in [7, 11) is 3.59. The van der Waals surface area contributed by atoms with E-state index >= 15 is 0 Å². The third-order valence-electron chi connectivity index (χ3n) is 4.04. The minimum atomic E-state index is 0.376. The Morgan fingerprint density at radius 3 is 2.92 bits per heavy atom. The Morgan fingerprint density at radius 2 is 2.24 bits per heavy atom. The van der Waals surface area contributed by atoms with Gasteiger partial charge in [-0.15, -0.1) is 11.3 Å². The van der Waals surface area contributed by atoms with Gasteiger partial charge in [-0.2, -0.15) is 0 Å². The summed E-state index contributed by atoms with van der Waals surface area (Å²) in [5.41, 5.74) is 0. The van der Waals surface area contributed by atoms with Crippen LogP contribution in [0.2, 0.25) is 0 Å². The highest BCUT2D eigenvalue weighted by atomic mass is 32.2. The van der Waals surface area contributed by atoms with Crippen LogP contribution < -0.4 is 5.32 Å². The summed E-state index contributed by atoms with van der Waals surface area (Å²) in [6.07, 6.45) is 6.43. The second-order valence-corrected chi connectivity index (χ2v) is 8.11. The summed E-state index contributed by atoms with van der Waals surface area (Å²) in [6, 6.07) is 0. The Morgan fingerprint density at radius 1 is 1.40 bits per heavy atom. The zero-order valence-corrected chi connectivity index (χ0v) is 16.9. The molecule has 2 rings (SSSR count). The number of aromatic nitrogens is 1. The monoisotopic (exact) mass is 386 g/mol. The third kappa shape index (κ3) is 7.94. The zero-order chi connectivity index (χ0) is 17.7. The summed E-state index contributed by atoms with van der Waals surface area (Å²) in [5, 5.41) is 5.50. The van der Waals surface area contributed by atoms with Crippen LogP contribution in [0, 0.1) is 0 Å². The molecule has 25 heavy (non-hydrogen) atoms. The number of thioether (sulfide) groups is 1. The van der Waals surface area contributed by atoms with E-state index in [2.05, 4.69) is 20.2 Å². The lowest BCUT2D eigenvalue weighted by Gasteiger charge is -2.34. The Labute approximate surface area is 159 Å². The summed E-state index contributed by atoms with van der Waals surface area (Å²) in [5.74, 6) is 2.09. The maximum Gasteiger partial charge on any atom is 0.193 e. The number of hydrogen-bond acceptors (Lipinski definition) is 6. The first-order valence-corrected chi connectivity index (χ1v) is 10.8. The molecule has 1 N–H and O–H groups in total. The smallest absolute Gasteiger partial charge is 0.193 e. The molecule has 142 valence electrons. The molecule has 1 fully saturated rings. The lowest BCUT2D eigenvalue weighted by Crippen LogP contribution is -2.47. The van der Waals surface area contributed by atoms with Crippen LogP contribution in [0.5, 0.6) is 0 Å². The van der Waals surface area contributed by atoms with Crippen molar-refractivity contribution in [2.45, 2.75) is 36.1 Å². The lowest BCUT2D eigenvalue weighted by atomic mass is 10.1. The largest absolute Gasteiger partial charge is 0.385 e. The van der Waals surface area contributed by atoms with Gasteiger partial charge >= 0.3 is 0 Å². The molecule has 0 unspecified atom stereocenters. The maximum atomic E-state index is 5.92. The molecule has 8 heteroatoms. The molecule has 0 spiro atoms. The van der Waals surface area contributed by atoms with Crippen LogP contribution in [0.1, 0.15) is 25.7 Å². The van der Waals surface area contributed by atoms with Gasteiger partial charge in [0, 0.05) is 64.3 Å². The summed E-state index contributed by atoms with van der Waals surface area (Å²) >= 11 is 3.53. The Hall–Kier alpha value is -0.830. The van der Waals surface area contributed by atoms with Crippen LogP contribution in [-0.4, -0.2) is 74.7 Å². The number of likely N-dealkylation sites (tertiary alicyclic amines) is 1. The van der Waals surface area contributed by atoms with Gasteiger partial charge in [0.25, 0.3) is 0 Å². The van der Waals surface area contributed by atoms with Crippen molar-refractivity contribution < 1.29 is 9.47 Å². The van der Waals surface area contributed by atoms with Gasteiger partial charge in [0.15, 0.2) is 5.96 Å². The van der Waals surface area contributed by atoms with Gasteiger partial charge in [0.05, 0.1) is 6.10 Å². The number of guanidine groups is 1. The van der Waals surface area contributed by atoms with E-state index < -0.39 is 0 Å². The van der Waals surface area contributed by atoms with Gasteiger partial charge in [0.1, 0.15) is 4.34 Å². The molecule has 1 aliphatic rings. The highest BCUT2D eigenvalue weighted by Crippen LogP contribution is 2.20. The topological polar surface area (TPSA) is 59.0 Å². The van der Waals surface area contributed by atoms with Crippen molar-refractivity contribution in [3.05, 3.63) is 11.6 Å². The first-order chi connectivity index (χ1) is 12.3. The van der Waals surface area contributed by atoms with E-state index in [0.29, 0.717) is 6.10 Å². The quantitative estimate of drug-likeness (QED) is 0.289. The highest BCUT2D eigenvalue weighted by molar-refractivity contribution is 8.00. The number of nitrogens with one attached hydrogen (secondary N) is 1. The molecule has 6 nitrogen and oxygen atoms in total. The minimum Gasteiger partial charge on any atom is -0.385 e. The van der Waals surface area contributed by atoms with Crippen LogP contribution in [0.25, 0.3) is 0 Å². The molecule has 1 saturated heterocycles. The van der Waals surface area contributed by atoms with Crippen molar-refractivity contribution in [2.75, 3.05) is 52.8 Å². The van der Waals surface area contributed by atoms with Gasteiger partial charge in [-0.25, -0.2) is 4.98 Å². The first-order valence-electron chi connectivity index (χ1n) is 8.92. The second kappa shape index (κ2) is 12.5. The fraction of sp³-hybridized carbons (Fsp3) is 0.765. The third-order valence-corrected chi connectivity index (χ3v) is 6.09. The number of thiazole rings is 1. The highest BCUT2D eigenvalue weighted by Gasteiger charge is 2.21. The van der Waals surface area contributed by atoms with Crippen molar-refractivity contribution in [3.8, 4) is 0 Å². The van der Waals surface area contributed by atoms with E-state index in [-0.39, 0.29) is 0 Å². The number of ether oxygens (including phenoxy) is 2. The molecular weight excluding hydrogens is 356 g/mol. The van der Waals surface area contributed by atoms with Crippen LogP contribution in [-0.2, 0) is 9.47 Å². The van der Waals surface area contributed by atoms with Crippen LogP contribution in [0.15, 0.2) is 20.9 Å². The average molecular weight is 387 g/mol. The summed E-state index contributed by atoms with van der Waals surface area (Å²) < 4.78 is 12.1. The lowest BCUT2D eigenvalue weighted by molar-refractivity contribution is 0.00991. The fourth-order valence-electron chi connectivity index (χ4n) is 2.73. The van der Waals surface area contributed by atoms with Gasteiger partial charge < -0.3 is 19.7 Å². The van der Waals surface area contributed by atoms with E-state index in [1.165, 1.54) is 0 Å². The second-order valence-electron chi connectivity index (χ2n) is 5.88. The molecule has 1 aliphatic heterocycles. The molecule has 0 atom stereocenters. The Kier molecular flexibility index (Phi) is 10.3. The van der Waals surface area contributed by atoms with E-state index in [4.69, 9.17) is 9.47 Å². The summed E-state index contributed by atoms with van der Waals surface area (Å²) in [6.45, 7) is 4.52. The number of methoxy groups -OCH3 is 1. The van der Waals surface area contributed by atoms with E-state index in [0.717, 1.165) is 74.6 Å². The number of rotatable bonds is 10. The van der Waals surface area contributed by atoms with E-state index in [1.54, 1.807) is 18.4 Å². The number of aliphatic imine (C=N–C) groups is 1. The maximum absolute atomic E-state index is 5.92. The molecule has 1 aromatic rings. The predicted molar refractivity (Wildman–Crippen MR) is 106 cm³/mol. The molecule has 0 bridgehead atoms. The van der Waals surface area contributed by atoms with E-state index in [9.17, 15) is 0 Å². The van der Waals surface area contributed by atoms with Crippen molar-refractivity contribution >= 4 is 29.1 Å². The Bertz CT molecular complexity index is 477. The molecule has 0 saturated carbocycles. The van der Waals surface area contributed by atoms with Crippen LogP contribution in [0.3, 0.4) is 0 Å². The molecule has 2 heterocycles. The van der Waals surface area contributed by atoms with Gasteiger partial charge in [0.2, 0.25) is 0 Å². The van der Waals surface area contributed by atoms with Gasteiger partial charge in [-0.05, 0) is 25.7 Å². The molecular formula is C17H30N4O2S2. The van der Waals surface area contributed by atoms with E-state index in [1.807, 2.05) is 30.4 Å². The first kappa shape index (κ1) is 20.5. The van der Waals surface area contributed by atoms with Crippen LogP contribution in [0.4, 0.5) is 0 Å². The SMILES string of the molecule is CN=C(NCCCSc1nccs1)N1CCC(OCCCOC)CC1. The normalized spacial score (nSPS) is 16.4. The van der Waals surface area contributed by atoms with Crippen molar-refractivity contribution in [1.29, 1.82) is 0 Å². The number of nitrogens with zero attached hydrogens (tertiary/aromatic N) is 3. The average Bonchev–Trinajstić information content (AvgIpc) is 3.16. The van der Waals surface area contributed by atoms with Crippen molar-refractivity contribution in [2.24, 2.45) is 4.99 Å². The minimum absolute atomic E-state index is 0.376. The Balaban J connectivity index is 1.56. The van der Waals surface area contributed by atoms with Crippen molar-refractivity contribution in [3.63, 3.8) is 0 Å². The van der Waals surface area contributed by atoms with Gasteiger partial charge in [-0.3, -0.25) is 4.99 Å². The van der Waals surface area contributed by atoms with Crippen LogP contribution >= 0.6 is 23.1 Å².